The molecule has 4 aromatic rings. The van der Waals surface area contributed by atoms with Crippen molar-refractivity contribution in [2.45, 2.75) is 197 Å². The Morgan fingerprint density at radius 2 is 0.717 bits per heavy atom. The number of aliphatic imine (C=N–C) groups is 2. The van der Waals surface area contributed by atoms with E-state index in [1.165, 1.54) is 84.9 Å². The Morgan fingerprint density at radius 1 is 0.394 bits per heavy atom. The molecule has 0 aliphatic carbocycles. The molecule has 0 radical (unpaired) electrons. The van der Waals surface area contributed by atoms with Gasteiger partial charge in [-0.3, -0.25) is 35.7 Å². The number of hydrogen-bond donors (Lipinski definition) is 6. The number of nitrogens with zero attached hydrogens (tertiary/aromatic N) is 2. The number of nitrogens with one attached hydrogen (secondary N) is 6. The minimum Gasteiger partial charge on any atom is -0.491 e. The first kappa shape index (κ1) is 81.1. The van der Waals surface area contributed by atoms with Gasteiger partial charge >= 0.3 is 48.3 Å². The molecule has 0 fully saturated rings. The van der Waals surface area contributed by atoms with Crippen molar-refractivity contribution in [1.29, 1.82) is 0 Å². The fourth-order valence-corrected chi connectivity index (χ4v) is 7.71. The molecule has 0 aromatic heterocycles. The molecule has 0 bridgehead atoms. The van der Waals surface area contributed by atoms with Gasteiger partial charge in [0.05, 0.1) is 42.1 Å². The third-order valence-corrected chi connectivity index (χ3v) is 11.6. The standard InChI is InChI=1S/C70H94N8O21/c1-21-41(2)71-54(80)44-34-48(38-50(36-44)92-56(82)42-22-26-46(27-23-42)72-59(75-61(85)96-67(9,10)11)76-62(86)97-68(12,13)14)90-32-30-89-31-33-91-49-35-45(55(81)74-52(58(84)95-66(6,7)8)40-53(79)94-65(3,4)5)37-51(39-49)93-57(83)43-24-28-47(29-25-43)73-60(77-63(87)98-69(15,16)17)78-64(88)99-70(18,19)20/h22-29,34-39,41,52H,21,30-33,40H2,1-20H3,(H,71,80)(H,74,81)(H2,72,75,76,85,86)(H2,73,77,78,87,88)/t41-,52-/m0/s1. The summed E-state index contributed by atoms with van der Waals surface area (Å²) in [5.41, 5.74) is -5.16. The van der Waals surface area contributed by atoms with Crippen LogP contribution >= 0.6 is 0 Å². The first-order valence-electron chi connectivity index (χ1n) is 31.7. The van der Waals surface area contributed by atoms with Crippen LogP contribution in [0, 0.1) is 0 Å². The molecule has 0 saturated carbocycles. The number of ether oxygens (including phenoxy) is 11. The lowest BCUT2D eigenvalue weighted by Crippen LogP contribution is -2.47. The Balaban J connectivity index is 1.56. The first-order valence-corrected chi connectivity index (χ1v) is 31.7. The van der Waals surface area contributed by atoms with E-state index in [0.717, 1.165) is 0 Å². The molecule has 6 N–H and O–H groups in total. The van der Waals surface area contributed by atoms with E-state index in [4.69, 9.17) is 52.1 Å². The molecule has 0 heterocycles. The smallest absolute Gasteiger partial charge is 0.414 e. The van der Waals surface area contributed by atoms with E-state index in [2.05, 4.69) is 41.9 Å². The van der Waals surface area contributed by atoms with Crippen molar-refractivity contribution in [2.75, 3.05) is 26.4 Å². The minimum absolute atomic E-state index is 0.00761. The number of esters is 4. The van der Waals surface area contributed by atoms with Gasteiger partial charge in [-0.25, -0.2) is 43.5 Å². The Morgan fingerprint density at radius 3 is 1.04 bits per heavy atom. The Hall–Kier alpha value is -10.3. The van der Waals surface area contributed by atoms with E-state index in [1.807, 2.05) is 13.8 Å². The molecule has 4 aromatic carbocycles. The van der Waals surface area contributed by atoms with Crippen molar-refractivity contribution in [3.8, 4) is 23.0 Å². The van der Waals surface area contributed by atoms with Crippen LogP contribution in [0.25, 0.3) is 0 Å². The van der Waals surface area contributed by atoms with Crippen LogP contribution in [0.1, 0.15) is 193 Å². The molecular weight excluding hydrogens is 1290 g/mol. The van der Waals surface area contributed by atoms with Crippen molar-refractivity contribution in [1.82, 2.24) is 31.9 Å². The summed E-state index contributed by atoms with van der Waals surface area (Å²) in [6.45, 7) is 32.9. The summed E-state index contributed by atoms with van der Waals surface area (Å²) < 4.78 is 61.6. The topological polar surface area (TPSA) is 369 Å². The van der Waals surface area contributed by atoms with Gasteiger partial charge in [-0.1, -0.05) is 6.92 Å². The summed E-state index contributed by atoms with van der Waals surface area (Å²) in [4.78, 5) is 141. The van der Waals surface area contributed by atoms with E-state index < -0.39 is 106 Å². The van der Waals surface area contributed by atoms with Crippen molar-refractivity contribution in [3.05, 3.63) is 107 Å². The number of benzene rings is 4. The summed E-state index contributed by atoms with van der Waals surface area (Å²) >= 11 is 0. The lowest BCUT2D eigenvalue weighted by atomic mass is 10.1. The molecule has 0 aliphatic rings. The molecule has 29 heteroatoms. The number of guanidine groups is 2. The van der Waals surface area contributed by atoms with Crippen molar-refractivity contribution >= 4 is 83.4 Å². The van der Waals surface area contributed by atoms with Crippen LogP contribution in [0.3, 0.4) is 0 Å². The molecule has 4 rings (SSSR count). The molecule has 6 amide bonds. The summed E-state index contributed by atoms with van der Waals surface area (Å²) in [5.74, 6) is -5.64. The highest BCUT2D eigenvalue weighted by Gasteiger charge is 2.32. The van der Waals surface area contributed by atoms with Gasteiger partial charge in [0.15, 0.2) is 0 Å². The maximum atomic E-state index is 14.2. The van der Waals surface area contributed by atoms with Crippen LogP contribution in [0.15, 0.2) is 94.9 Å². The minimum atomic E-state index is -1.54. The summed E-state index contributed by atoms with van der Waals surface area (Å²) in [6.07, 6.45) is -3.65. The van der Waals surface area contributed by atoms with Gasteiger partial charge in [-0.05, 0) is 211 Å². The second-order valence-electron chi connectivity index (χ2n) is 28.1. The zero-order valence-corrected chi connectivity index (χ0v) is 59.9. The second kappa shape index (κ2) is 35.3. The molecule has 2 atom stereocenters. The van der Waals surface area contributed by atoms with Crippen LogP contribution < -0.4 is 50.8 Å². The van der Waals surface area contributed by atoms with Crippen LogP contribution in [-0.2, 0) is 42.7 Å². The van der Waals surface area contributed by atoms with E-state index in [9.17, 15) is 47.9 Å². The van der Waals surface area contributed by atoms with E-state index in [1.54, 1.807) is 125 Å². The van der Waals surface area contributed by atoms with Gasteiger partial charge in [0, 0.05) is 29.3 Å². The number of carbonyl (C=O) groups excluding carboxylic acids is 10. The second-order valence-corrected chi connectivity index (χ2v) is 28.1. The van der Waals surface area contributed by atoms with Crippen molar-refractivity contribution in [2.24, 2.45) is 9.98 Å². The zero-order chi connectivity index (χ0) is 74.4. The number of rotatable bonds is 22. The van der Waals surface area contributed by atoms with Crippen LogP contribution in [0.5, 0.6) is 23.0 Å². The lowest BCUT2D eigenvalue weighted by molar-refractivity contribution is -0.164. The van der Waals surface area contributed by atoms with Crippen LogP contribution in [-0.4, -0.2) is 144 Å². The molecule has 0 aliphatic heterocycles. The first-order chi connectivity index (χ1) is 45.7. The highest BCUT2D eigenvalue weighted by Crippen LogP contribution is 2.28. The Bertz CT molecular complexity index is 3520. The third-order valence-electron chi connectivity index (χ3n) is 11.6. The molecule has 0 spiro atoms. The van der Waals surface area contributed by atoms with Gasteiger partial charge < -0.3 is 62.7 Å². The average Bonchev–Trinajstić information content (AvgIpc) is 0.855. The molecule has 0 unspecified atom stereocenters. The number of hydrogen-bond acceptors (Lipinski definition) is 23. The predicted molar refractivity (Wildman–Crippen MR) is 364 cm³/mol. The largest absolute Gasteiger partial charge is 0.491 e. The van der Waals surface area contributed by atoms with Gasteiger partial charge in [-0.2, -0.15) is 0 Å². The Kier molecular flexibility index (Phi) is 28.9. The van der Waals surface area contributed by atoms with Gasteiger partial charge in [-0.15, -0.1) is 0 Å². The summed E-state index contributed by atoms with van der Waals surface area (Å²) in [6, 6.07) is 17.4. The van der Waals surface area contributed by atoms with E-state index in [0.29, 0.717) is 6.42 Å². The average molecular weight is 1380 g/mol. The van der Waals surface area contributed by atoms with Gasteiger partial charge in [0.25, 0.3) is 11.8 Å². The number of amides is 6. The summed E-state index contributed by atoms with van der Waals surface area (Å²) in [5, 5.41) is 15.0. The maximum absolute atomic E-state index is 14.2. The normalized spacial score (nSPS) is 12.2. The fourth-order valence-electron chi connectivity index (χ4n) is 7.71. The van der Waals surface area contributed by atoms with Crippen molar-refractivity contribution < 1.29 is 100 Å². The molecule has 0 saturated heterocycles. The van der Waals surface area contributed by atoms with Gasteiger partial charge in [0.2, 0.25) is 11.9 Å². The van der Waals surface area contributed by atoms with Crippen LogP contribution in [0.2, 0.25) is 0 Å². The SMILES string of the molecule is CC[C@H](C)NC(=O)c1cc(OCCOCCOc2cc(OC(=O)c3ccc(N=C(NC(=O)OC(C)(C)C)NC(=O)OC(C)(C)C)cc3)cc(C(=O)N[C@@H](CC(=O)OC(C)(C)C)C(=O)OC(C)(C)C)c2)cc(OC(=O)c2ccc(N=C(NC(=O)OC(C)(C)C)NC(=O)OC(C)(C)C)cc2)c1. The molecular formula is C70H94N8O21. The highest BCUT2D eigenvalue weighted by molar-refractivity contribution is 6.04. The van der Waals surface area contributed by atoms with Crippen molar-refractivity contribution in [3.63, 3.8) is 0 Å². The number of alkyl carbamates (subject to hydrolysis) is 4. The van der Waals surface area contributed by atoms with E-state index >= 15 is 0 Å². The quantitative estimate of drug-likeness (QED) is 0.0106. The summed E-state index contributed by atoms with van der Waals surface area (Å²) in [7, 11) is 0. The fraction of sp³-hybridized carbons (Fsp3) is 0.486. The maximum Gasteiger partial charge on any atom is 0.414 e. The molecule has 99 heavy (non-hydrogen) atoms. The van der Waals surface area contributed by atoms with Gasteiger partial charge in [0.1, 0.15) is 75.9 Å². The zero-order valence-electron chi connectivity index (χ0n) is 59.9. The Labute approximate surface area is 576 Å². The third kappa shape index (κ3) is 33.0. The lowest BCUT2D eigenvalue weighted by Gasteiger charge is -2.26. The van der Waals surface area contributed by atoms with Crippen LogP contribution in [0.4, 0.5) is 30.6 Å². The van der Waals surface area contributed by atoms with E-state index in [-0.39, 0.29) is 101 Å². The monoisotopic (exact) mass is 1380 g/mol. The highest BCUT2D eigenvalue weighted by atomic mass is 16.6. The predicted octanol–water partition coefficient (Wildman–Crippen LogP) is 11.4. The molecule has 540 valence electrons. The molecule has 29 nitrogen and oxygen atoms in total. The number of carbonyl (C=O) groups is 10.